The standard InChI is InChI=1S/C22H28N4O2/c1-23-22(24-13-14-28-20-11-3-2-4-12-20)25-16-17-7-5-10-19(15-17)26-21(27)18-8-6-9-18/h2-5,7,10-12,15,18H,6,8-9,13-14,16H2,1H3,(H,26,27)(H2,23,24,25). The van der Waals surface area contributed by atoms with Crippen molar-refractivity contribution in [3.8, 4) is 5.75 Å². The summed E-state index contributed by atoms with van der Waals surface area (Å²) in [6, 6.07) is 17.6. The molecule has 6 nitrogen and oxygen atoms in total. The molecule has 0 unspecified atom stereocenters. The van der Waals surface area contributed by atoms with Gasteiger partial charge in [0.2, 0.25) is 5.91 Å². The lowest BCUT2D eigenvalue weighted by Crippen LogP contribution is -2.38. The zero-order valence-corrected chi connectivity index (χ0v) is 16.3. The molecule has 1 aliphatic carbocycles. The van der Waals surface area contributed by atoms with E-state index in [9.17, 15) is 4.79 Å². The largest absolute Gasteiger partial charge is 0.492 e. The Balaban J connectivity index is 1.40. The summed E-state index contributed by atoms with van der Waals surface area (Å²) in [5.41, 5.74) is 1.92. The first-order valence-corrected chi connectivity index (χ1v) is 9.77. The molecule has 0 spiro atoms. The molecule has 3 N–H and O–H groups in total. The first-order valence-electron chi connectivity index (χ1n) is 9.77. The Hall–Kier alpha value is -3.02. The number of hydrogen-bond acceptors (Lipinski definition) is 3. The van der Waals surface area contributed by atoms with Crippen LogP contribution in [0.4, 0.5) is 5.69 Å². The van der Waals surface area contributed by atoms with Gasteiger partial charge in [-0.25, -0.2) is 0 Å². The fourth-order valence-corrected chi connectivity index (χ4v) is 2.94. The lowest BCUT2D eigenvalue weighted by Gasteiger charge is -2.24. The van der Waals surface area contributed by atoms with Crippen LogP contribution in [0.2, 0.25) is 0 Å². The summed E-state index contributed by atoms with van der Waals surface area (Å²) in [6.45, 7) is 1.81. The Labute approximate surface area is 166 Å². The molecular formula is C22H28N4O2. The quantitative estimate of drug-likeness (QED) is 0.374. The lowest BCUT2D eigenvalue weighted by atomic mass is 9.85. The lowest BCUT2D eigenvalue weighted by molar-refractivity contribution is -0.122. The van der Waals surface area contributed by atoms with Gasteiger partial charge in [-0.1, -0.05) is 36.8 Å². The first kappa shape index (κ1) is 19.7. The Morgan fingerprint density at radius 1 is 1.11 bits per heavy atom. The maximum absolute atomic E-state index is 12.1. The van der Waals surface area contributed by atoms with E-state index in [1.807, 2.05) is 54.6 Å². The van der Waals surface area contributed by atoms with Gasteiger partial charge >= 0.3 is 0 Å². The number of ether oxygens (including phenoxy) is 1. The minimum absolute atomic E-state index is 0.132. The molecule has 148 valence electrons. The zero-order chi connectivity index (χ0) is 19.6. The molecule has 1 aliphatic rings. The van der Waals surface area contributed by atoms with Gasteiger partial charge in [0.15, 0.2) is 5.96 Å². The highest BCUT2D eigenvalue weighted by Gasteiger charge is 2.25. The van der Waals surface area contributed by atoms with E-state index in [1.54, 1.807) is 7.05 Å². The normalized spacial score (nSPS) is 14.1. The van der Waals surface area contributed by atoms with E-state index in [0.29, 0.717) is 25.7 Å². The van der Waals surface area contributed by atoms with Crippen LogP contribution in [0.5, 0.6) is 5.75 Å². The van der Waals surface area contributed by atoms with Crippen molar-refractivity contribution in [2.45, 2.75) is 25.8 Å². The Kier molecular flexibility index (Phi) is 7.29. The number of guanidine groups is 1. The van der Waals surface area contributed by atoms with E-state index >= 15 is 0 Å². The number of rotatable bonds is 8. The van der Waals surface area contributed by atoms with Gasteiger partial charge in [-0.05, 0) is 42.7 Å². The van der Waals surface area contributed by atoms with Crippen LogP contribution in [0.25, 0.3) is 0 Å². The molecule has 2 aromatic carbocycles. The second kappa shape index (κ2) is 10.3. The van der Waals surface area contributed by atoms with Gasteiger partial charge in [-0.15, -0.1) is 0 Å². The molecule has 3 rings (SSSR count). The van der Waals surface area contributed by atoms with E-state index in [4.69, 9.17) is 4.74 Å². The van der Waals surface area contributed by atoms with Crippen LogP contribution in [0.1, 0.15) is 24.8 Å². The third-order valence-electron chi connectivity index (χ3n) is 4.76. The molecule has 0 bridgehead atoms. The molecule has 28 heavy (non-hydrogen) atoms. The number of amides is 1. The molecule has 6 heteroatoms. The molecule has 0 atom stereocenters. The van der Waals surface area contributed by atoms with Crippen LogP contribution in [-0.2, 0) is 11.3 Å². The van der Waals surface area contributed by atoms with Gasteiger partial charge in [0.05, 0.1) is 6.54 Å². The van der Waals surface area contributed by atoms with Gasteiger partial charge in [0.1, 0.15) is 12.4 Å². The number of para-hydroxylation sites is 1. The Morgan fingerprint density at radius 2 is 1.93 bits per heavy atom. The van der Waals surface area contributed by atoms with Crippen LogP contribution in [0, 0.1) is 5.92 Å². The molecule has 0 aromatic heterocycles. The van der Waals surface area contributed by atoms with Crippen molar-refractivity contribution < 1.29 is 9.53 Å². The number of nitrogens with one attached hydrogen (secondary N) is 3. The molecule has 1 fully saturated rings. The van der Waals surface area contributed by atoms with Crippen LogP contribution in [0.3, 0.4) is 0 Å². The molecule has 1 saturated carbocycles. The van der Waals surface area contributed by atoms with Crippen molar-refractivity contribution in [1.82, 2.24) is 10.6 Å². The minimum atomic E-state index is 0.132. The third kappa shape index (κ3) is 6.01. The van der Waals surface area contributed by atoms with Crippen LogP contribution >= 0.6 is 0 Å². The monoisotopic (exact) mass is 380 g/mol. The second-order valence-corrected chi connectivity index (χ2v) is 6.83. The fourth-order valence-electron chi connectivity index (χ4n) is 2.94. The van der Waals surface area contributed by atoms with Gasteiger partial charge in [-0.2, -0.15) is 0 Å². The van der Waals surface area contributed by atoms with Crippen LogP contribution in [0.15, 0.2) is 59.6 Å². The third-order valence-corrected chi connectivity index (χ3v) is 4.76. The Bertz CT molecular complexity index is 788. The maximum atomic E-state index is 12.1. The number of benzene rings is 2. The van der Waals surface area contributed by atoms with E-state index in [-0.39, 0.29) is 11.8 Å². The minimum Gasteiger partial charge on any atom is -0.492 e. The SMILES string of the molecule is CN=C(NCCOc1ccccc1)NCc1cccc(NC(=O)C2CCC2)c1. The summed E-state index contributed by atoms with van der Waals surface area (Å²) in [5, 5.41) is 9.53. The number of carbonyl (C=O) groups excluding carboxylic acids is 1. The van der Waals surface area contributed by atoms with Gasteiger partial charge < -0.3 is 20.7 Å². The molecule has 0 saturated heterocycles. The fraction of sp³-hybridized carbons (Fsp3) is 0.364. The smallest absolute Gasteiger partial charge is 0.227 e. The van der Waals surface area contributed by atoms with E-state index in [1.165, 1.54) is 0 Å². The Morgan fingerprint density at radius 3 is 2.64 bits per heavy atom. The van der Waals surface area contributed by atoms with Crippen LogP contribution in [-0.4, -0.2) is 32.1 Å². The van der Waals surface area contributed by atoms with Gasteiger partial charge in [-0.3, -0.25) is 9.79 Å². The average Bonchev–Trinajstić information content (AvgIpc) is 2.67. The molecular weight excluding hydrogens is 352 g/mol. The van der Waals surface area contributed by atoms with Crippen molar-refractivity contribution in [1.29, 1.82) is 0 Å². The van der Waals surface area contributed by atoms with Crippen molar-refractivity contribution in [2.24, 2.45) is 10.9 Å². The summed E-state index contributed by atoms with van der Waals surface area (Å²) in [4.78, 5) is 16.3. The highest BCUT2D eigenvalue weighted by atomic mass is 16.5. The predicted molar refractivity (Wildman–Crippen MR) is 113 cm³/mol. The zero-order valence-electron chi connectivity index (χ0n) is 16.3. The molecule has 0 radical (unpaired) electrons. The number of hydrogen-bond donors (Lipinski definition) is 3. The molecule has 0 heterocycles. The summed E-state index contributed by atoms with van der Waals surface area (Å²) >= 11 is 0. The number of nitrogens with zero attached hydrogens (tertiary/aromatic N) is 1. The molecule has 0 aliphatic heterocycles. The van der Waals surface area contributed by atoms with Crippen molar-refractivity contribution in [2.75, 3.05) is 25.5 Å². The van der Waals surface area contributed by atoms with E-state index in [2.05, 4.69) is 20.9 Å². The second-order valence-electron chi connectivity index (χ2n) is 6.83. The summed E-state index contributed by atoms with van der Waals surface area (Å²) < 4.78 is 5.66. The van der Waals surface area contributed by atoms with Crippen molar-refractivity contribution in [3.05, 3.63) is 60.2 Å². The summed E-state index contributed by atoms with van der Waals surface area (Å²) in [5.74, 6) is 1.88. The van der Waals surface area contributed by atoms with E-state index < -0.39 is 0 Å². The van der Waals surface area contributed by atoms with Gasteiger partial charge in [0, 0.05) is 25.2 Å². The van der Waals surface area contributed by atoms with Crippen molar-refractivity contribution in [3.63, 3.8) is 0 Å². The molecule has 1 amide bonds. The number of carbonyl (C=O) groups is 1. The predicted octanol–water partition coefficient (Wildman–Crippen LogP) is 3.17. The van der Waals surface area contributed by atoms with Gasteiger partial charge in [0.25, 0.3) is 0 Å². The topological polar surface area (TPSA) is 74.8 Å². The highest BCUT2D eigenvalue weighted by molar-refractivity contribution is 5.93. The number of aliphatic imine (C=N–C) groups is 1. The molecule has 2 aromatic rings. The van der Waals surface area contributed by atoms with Crippen LogP contribution < -0.4 is 20.7 Å². The summed E-state index contributed by atoms with van der Waals surface area (Å²) in [7, 11) is 1.74. The number of anilines is 1. The summed E-state index contributed by atoms with van der Waals surface area (Å²) in [6.07, 6.45) is 3.16. The highest BCUT2D eigenvalue weighted by Crippen LogP contribution is 2.27. The van der Waals surface area contributed by atoms with E-state index in [0.717, 1.165) is 36.3 Å². The van der Waals surface area contributed by atoms with Crippen molar-refractivity contribution >= 4 is 17.6 Å². The maximum Gasteiger partial charge on any atom is 0.227 e. The average molecular weight is 380 g/mol. The first-order chi connectivity index (χ1) is 13.7.